The predicted molar refractivity (Wildman–Crippen MR) is 131 cm³/mol. The number of benzene rings is 2. The highest BCUT2D eigenvalue weighted by atomic mass is 127. The van der Waals surface area contributed by atoms with Crippen molar-refractivity contribution in [2.45, 2.75) is 20.0 Å². The Hall–Kier alpha value is -3.14. The third kappa shape index (κ3) is 6.17. The summed E-state index contributed by atoms with van der Waals surface area (Å²) in [6.07, 6.45) is 1.64. The summed E-state index contributed by atoms with van der Waals surface area (Å²) in [5.74, 6) is 2.01. The van der Waals surface area contributed by atoms with E-state index in [1.54, 1.807) is 6.26 Å². The minimum Gasteiger partial charge on any atom is -0.444 e. The highest BCUT2D eigenvalue weighted by molar-refractivity contribution is 14.0. The van der Waals surface area contributed by atoms with E-state index in [4.69, 9.17) is 8.94 Å². The Kier molecular flexibility index (Phi) is 8.22. The van der Waals surface area contributed by atoms with E-state index in [9.17, 15) is 0 Å². The van der Waals surface area contributed by atoms with Crippen LogP contribution in [-0.4, -0.2) is 22.6 Å². The monoisotopic (exact) mass is 529 g/mol. The van der Waals surface area contributed by atoms with Gasteiger partial charge in [0.15, 0.2) is 11.7 Å². The average molecular weight is 529 g/mol. The molecule has 0 aliphatic heterocycles. The molecule has 2 heterocycles. The molecule has 0 aliphatic carbocycles. The lowest BCUT2D eigenvalue weighted by molar-refractivity contribution is 0.422. The molecular weight excluding hydrogens is 505 g/mol. The van der Waals surface area contributed by atoms with Gasteiger partial charge in [0.1, 0.15) is 17.7 Å². The zero-order valence-electron chi connectivity index (χ0n) is 17.1. The number of rotatable bonds is 7. The van der Waals surface area contributed by atoms with Gasteiger partial charge in [-0.15, -0.1) is 24.0 Å². The first-order valence-corrected chi connectivity index (χ1v) is 9.85. The van der Waals surface area contributed by atoms with Gasteiger partial charge in [-0.05, 0) is 19.1 Å². The zero-order chi connectivity index (χ0) is 20.6. The molecule has 0 atom stereocenters. The molecule has 0 radical (unpaired) electrons. The topological polar surface area (TPSA) is 88.5 Å². The van der Waals surface area contributed by atoms with Crippen LogP contribution in [0.1, 0.15) is 18.3 Å². The Bertz CT molecular complexity index is 1090. The van der Waals surface area contributed by atoms with Crippen molar-refractivity contribution in [3.8, 4) is 22.8 Å². The lowest BCUT2D eigenvalue weighted by Crippen LogP contribution is -2.36. The van der Waals surface area contributed by atoms with Crippen LogP contribution in [0.2, 0.25) is 0 Å². The van der Waals surface area contributed by atoms with Gasteiger partial charge in [0.25, 0.3) is 0 Å². The van der Waals surface area contributed by atoms with E-state index >= 15 is 0 Å². The van der Waals surface area contributed by atoms with E-state index in [1.165, 1.54) is 0 Å². The normalized spacial score (nSPS) is 11.1. The van der Waals surface area contributed by atoms with E-state index in [-0.39, 0.29) is 24.0 Å². The Morgan fingerprint density at radius 2 is 1.65 bits per heavy atom. The molecule has 2 N–H and O–H groups in total. The van der Waals surface area contributed by atoms with E-state index in [0.29, 0.717) is 24.9 Å². The molecule has 7 nitrogen and oxygen atoms in total. The van der Waals surface area contributed by atoms with Gasteiger partial charge in [-0.2, -0.15) is 0 Å². The average Bonchev–Trinajstić information content (AvgIpc) is 3.47. The molecule has 8 heteroatoms. The van der Waals surface area contributed by atoms with Crippen LogP contribution in [-0.2, 0) is 13.1 Å². The molecule has 0 amide bonds. The smallest absolute Gasteiger partial charge is 0.226 e. The molecule has 4 rings (SSSR count). The second kappa shape index (κ2) is 11.3. The third-order valence-corrected chi connectivity index (χ3v) is 4.37. The van der Waals surface area contributed by atoms with Crippen LogP contribution < -0.4 is 10.6 Å². The summed E-state index contributed by atoms with van der Waals surface area (Å²) in [6.45, 7) is 3.66. The number of aliphatic imine (C=N–C) groups is 1. The Balaban J connectivity index is 0.00000272. The number of oxazole rings is 1. The largest absolute Gasteiger partial charge is 0.444 e. The first-order valence-electron chi connectivity index (χ1n) is 9.85. The van der Waals surface area contributed by atoms with Gasteiger partial charge in [-0.25, -0.2) is 9.98 Å². The fourth-order valence-electron chi connectivity index (χ4n) is 2.90. The van der Waals surface area contributed by atoms with Crippen LogP contribution in [0.3, 0.4) is 0 Å². The number of guanidine groups is 1. The Morgan fingerprint density at radius 3 is 2.35 bits per heavy atom. The standard InChI is InChI=1S/C23H23N5O2.HI/c1-2-24-23(25-14-19-13-21(30-28-19)17-9-5-3-6-10-17)26-15-20-16-29-22(27-20)18-11-7-4-8-12-18;/h3-13,16H,2,14-15H2,1H3,(H2,24,25,26);1H. The van der Waals surface area contributed by atoms with Crippen molar-refractivity contribution in [3.05, 3.63) is 84.4 Å². The fraction of sp³-hybridized carbons (Fsp3) is 0.174. The van der Waals surface area contributed by atoms with E-state index in [1.807, 2.05) is 73.7 Å². The SMILES string of the molecule is CCNC(=NCc1coc(-c2ccccc2)n1)NCc1cc(-c2ccccc2)on1.I. The van der Waals surface area contributed by atoms with Gasteiger partial charge in [-0.1, -0.05) is 53.7 Å². The van der Waals surface area contributed by atoms with E-state index < -0.39 is 0 Å². The second-order valence-corrected chi connectivity index (χ2v) is 6.61. The van der Waals surface area contributed by atoms with Crippen molar-refractivity contribution in [1.82, 2.24) is 20.8 Å². The first-order chi connectivity index (χ1) is 14.8. The Morgan fingerprint density at radius 1 is 0.935 bits per heavy atom. The van der Waals surface area contributed by atoms with Gasteiger partial charge in [0, 0.05) is 23.7 Å². The van der Waals surface area contributed by atoms with E-state index in [0.717, 1.165) is 34.8 Å². The van der Waals surface area contributed by atoms with E-state index in [2.05, 4.69) is 25.8 Å². The molecule has 4 aromatic rings. The molecule has 0 saturated heterocycles. The van der Waals surface area contributed by atoms with Gasteiger partial charge in [-0.3, -0.25) is 0 Å². The summed E-state index contributed by atoms with van der Waals surface area (Å²) in [5.41, 5.74) is 3.50. The highest BCUT2D eigenvalue weighted by Crippen LogP contribution is 2.20. The summed E-state index contributed by atoms with van der Waals surface area (Å²) >= 11 is 0. The van der Waals surface area contributed by atoms with Crippen molar-refractivity contribution in [1.29, 1.82) is 0 Å². The maximum atomic E-state index is 5.57. The quantitative estimate of drug-likeness (QED) is 0.202. The highest BCUT2D eigenvalue weighted by Gasteiger charge is 2.08. The molecule has 0 aliphatic rings. The minimum atomic E-state index is 0. The van der Waals surface area contributed by atoms with Gasteiger partial charge < -0.3 is 19.6 Å². The summed E-state index contributed by atoms with van der Waals surface area (Å²) in [4.78, 5) is 9.10. The molecule has 0 fully saturated rings. The van der Waals surface area contributed by atoms with Gasteiger partial charge in [0.2, 0.25) is 5.89 Å². The summed E-state index contributed by atoms with van der Waals surface area (Å²) in [6, 6.07) is 21.6. The fourth-order valence-corrected chi connectivity index (χ4v) is 2.90. The molecule has 0 spiro atoms. The number of nitrogens with zero attached hydrogens (tertiary/aromatic N) is 3. The van der Waals surface area contributed by atoms with Crippen LogP contribution in [0.15, 0.2) is 86.9 Å². The summed E-state index contributed by atoms with van der Waals surface area (Å²) in [7, 11) is 0. The van der Waals surface area contributed by atoms with Crippen LogP contribution in [0.4, 0.5) is 0 Å². The molecule has 0 unspecified atom stereocenters. The lowest BCUT2D eigenvalue weighted by Gasteiger charge is -2.09. The van der Waals surface area contributed by atoms with Gasteiger partial charge >= 0.3 is 0 Å². The lowest BCUT2D eigenvalue weighted by atomic mass is 10.2. The number of hydrogen-bond donors (Lipinski definition) is 2. The Labute approximate surface area is 198 Å². The molecule has 2 aromatic carbocycles. The maximum absolute atomic E-state index is 5.57. The van der Waals surface area contributed by atoms with Crippen molar-refractivity contribution in [2.24, 2.45) is 4.99 Å². The molecule has 31 heavy (non-hydrogen) atoms. The van der Waals surface area contributed by atoms with Crippen LogP contribution in [0.25, 0.3) is 22.8 Å². The number of nitrogens with one attached hydrogen (secondary N) is 2. The number of hydrogen-bond acceptors (Lipinski definition) is 5. The molecular formula is C23H24IN5O2. The predicted octanol–water partition coefficient (Wildman–Crippen LogP) is 4.87. The number of aromatic nitrogens is 2. The van der Waals surface area contributed by atoms with Crippen LogP contribution in [0, 0.1) is 0 Å². The molecule has 0 bridgehead atoms. The van der Waals surface area contributed by atoms with Crippen molar-refractivity contribution in [2.75, 3.05) is 6.54 Å². The van der Waals surface area contributed by atoms with Crippen molar-refractivity contribution >= 4 is 29.9 Å². The van der Waals surface area contributed by atoms with Crippen LogP contribution in [0.5, 0.6) is 0 Å². The minimum absolute atomic E-state index is 0. The second-order valence-electron chi connectivity index (χ2n) is 6.61. The third-order valence-electron chi connectivity index (χ3n) is 4.37. The summed E-state index contributed by atoms with van der Waals surface area (Å²) < 4.78 is 11.0. The molecule has 160 valence electrons. The van der Waals surface area contributed by atoms with Crippen molar-refractivity contribution < 1.29 is 8.94 Å². The number of halogens is 1. The maximum Gasteiger partial charge on any atom is 0.226 e. The molecule has 2 aromatic heterocycles. The first kappa shape index (κ1) is 22.5. The van der Waals surface area contributed by atoms with Gasteiger partial charge in [0.05, 0.1) is 13.1 Å². The van der Waals surface area contributed by atoms with Crippen LogP contribution >= 0.6 is 24.0 Å². The van der Waals surface area contributed by atoms with Crippen molar-refractivity contribution in [3.63, 3.8) is 0 Å². The zero-order valence-corrected chi connectivity index (χ0v) is 19.4. The molecule has 0 saturated carbocycles. The summed E-state index contributed by atoms with van der Waals surface area (Å²) in [5, 5.41) is 10.6.